The van der Waals surface area contributed by atoms with E-state index < -0.39 is 6.10 Å². The summed E-state index contributed by atoms with van der Waals surface area (Å²) < 4.78 is 1.48. The Morgan fingerprint density at radius 3 is 2.83 bits per heavy atom. The Morgan fingerprint density at radius 1 is 1.28 bits per heavy atom. The fraction of sp³-hybridized carbons (Fsp3) is 0.0769. The summed E-state index contributed by atoms with van der Waals surface area (Å²) in [7, 11) is 0. The predicted octanol–water partition coefficient (Wildman–Crippen LogP) is 4.73. The second-order valence-electron chi connectivity index (χ2n) is 4.00. The summed E-state index contributed by atoms with van der Waals surface area (Å²) in [5, 5.41) is 11.4. The normalized spacial score (nSPS) is 13.1. The van der Waals surface area contributed by atoms with Gasteiger partial charge in [-0.1, -0.05) is 17.7 Å². The van der Waals surface area contributed by atoms with E-state index in [4.69, 9.17) is 11.6 Å². The number of aliphatic hydroxyl groups is 1. The first-order valence-electron chi connectivity index (χ1n) is 5.35. The number of fused-ring (bicyclic) bond motifs is 1. The van der Waals surface area contributed by atoms with Crippen LogP contribution in [0.5, 0.6) is 0 Å². The van der Waals surface area contributed by atoms with Crippen LogP contribution >= 0.6 is 38.9 Å². The van der Waals surface area contributed by atoms with Crippen LogP contribution in [0.4, 0.5) is 0 Å². The third kappa shape index (κ3) is 2.10. The zero-order chi connectivity index (χ0) is 12.7. The average Bonchev–Trinajstić information content (AvgIpc) is 2.95. The van der Waals surface area contributed by atoms with Crippen molar-refractivity contribution in [2.45, 2.75) is 6.10 Å². The predicted molar refractivity (Wildman–Crippen MR) is 79.4 cm³/mol. The summed E-state index contributed by atoms with van der Waals surface area (Å²) in [6.45, 7) is 0. The van der Waals surface area contributed by atoms with Crippen LogP contribution < -0.4 is 0 Å². The second-order valence-corrected chi connectivity index (χ2v) is 6.54. The minimum absolute atomic E-state index is 0.641. The fourth-order valence-corrected chi connectivity index (χ4v) is 3.65. The lowest BCUT2D eigenvalue weighted by atomic mass is 10.1. The molecule has 0 spiro atoms. The van der Waals surface area contributed by atoms with E-state index in [0.29, 0.717) is 4.34 Å². The van der Waals surface area contributed by atoms with Crippen LogP contribution in [0.3, 0.4) is 0 Å². The van der Waals surface area contributed by atoms with Crippen LogP contribution in [0.15, 0.2) is 41.0 Å². The summed E-state index contributed by atoms with van der Waals surface area (Å²) in [6.07, 6.45) is 1.25. The van der Waals surface area contributed by atoms with Gasteiger partial charge < -0.3 is 10.1 Å². The minimum Gasteiger partial charge on any atom is -0.383 e. The molecule has 2 heterocycles. The smallest absolute Gasteiger partial charge is 0.113 e. The van der Waals surface area contributed by atoms with Crippen LogP contribution in [-0.4, -0.2) is 10.1 Å². The molecule has 0 radical (unpaired) electrons. The molecule has 0 saturated heterocycles. The number of thiophene rings is 1. The van der Waals surface area contributed by atoms with Gasteiger partial charge in [-0.3, -0.25) is 0 Å². The first-order chi connectivity index (χ1) is 8.65. The highest BCUT2D eigenvalue weighted by molar-refractivity contribution is 9.10. The summed E-state index contributed by atoms with van der Waals surface area (Å²) in [6, 6.07) is 9.73. The van der Waals surface area contributed by atoms with Gasteiger partial charge in [0.2, 0.25) is 0 Å². The number of hydrogen-bond acceptors (Lipinski definition) is 2. The maximum Gasteiger partial charge on any atom is 0.113 e. The summed E-state index contributed by atoms with van der Waals surface area (Å²) in [5.41, 5.74) is 1.93. The molecule has 2 N–H and O–H groups in total. The molecular formula is C13H9BrClNOS. The zero-order valence-electron chi connectivity index (χ0n) is 9.15. The number of hydrogen-bond donors (Lipinski definition) is 2. The van der Waals surface area contributed by atoms with Crippen LogP contribution in [0.2, 0.25) is 4.34 Å². The number of aromatic nitrogens is 1. The maximum absolute atomic E-state index is 10.3. The van der Waals surface area contributed by atoms with Gasteiger partial charge in [0.25, 0.3) is 0 Å². The standard InChI is InChI=1S/C13H9BrClNOS/c14-9-6-11(18-13(9)15)12(17)8-1-2-10-7(5-8)3-4-16-10/h1-6,12,16-17H. The Labute approximate surface area is 121 Å². The van der Waals surface area contributed by atoms with Crippen LogP contribution in [0.1, 0.15) is 16.5 Å². The molecule has 2 aromatic heterocycles. The Morgan fingerprint density at radius 2 is 2.11 bits per heavy atom. The van der Waals surface area contributed by atoms with Crippen molar-refractivity contribution in [3.05, 3.63) is 55.8 Å². The molecule has 1 unspecified atom stereocenters. The van der Waals surface area contributed by atoms with Gasteiger partial charge in [0.05, 0.1) is 0 Å². The van der Waals surface area contributed by atoms with Gasteiger partial charge in [0.1, 0.15) is 10.4 Å². The molecular weight excluding hydrogens is 334 g/mol. The molecule has 1 atom stereocenters. The Hall–Kier alpha value is -0.810. The molecule has 0 aliphatic carbocycles. The number of aromatic amines is 1. The molecule has 0 bridgehead atoms. The van der Waals surface area contributed by atoms with E-state index in [-0.39, 0.29) is 0 Å². The molecule has 1 aromatic carbocycles. The first-order valence-corrected chi connectivity index (χ1v) is 7.34. The van der Waals surface area contributed by atoms with Crippen molar-refractivity contribution >= 4 is 49.8 Å². The van der Waals surface area contributed by atoms with Gasteiger partial charge in [-0.2, -0.15) is 0 Å². The lowest BCUT2D eigenvalue weighted by Crippen LogP contribution is -1.96. The Kier molecular flexibility index (Phi) is 3.20. The molecule has 0 saturated carbocycles. The molecule has 3 aromatic rings. The van der Waals surface area contributed by atoms with Crippen LogP contribution in [-0.2, 0) is 0 Å². The highest BCUT2D eigenvalue weighted by atomic mass is 79.9. The van der Waals surface area contributed by atoms with E-state index in [9.17, 15) is 5.11 Å². The third-order valence-corrected chi connectivity index (χ3v) is 5.35. The van der Waals surface area contributed by atoms with Crippen molar-refractivity contribution in [2.75, 3.05) is 0 Å². The lowest BCUT2D eigenvalue weighted by Gasteiger charge is -2.08. The highest BCUT2D eigenvalue weighted by Gasteiger charge is 2.15. The number of H-pyrrole nitrogens is 1. The average molecular weight is 343 g/mol. The Balaban J connectivity index is 2.02. The SMILES string of the molecule is OC(c1ccc2[nH]ccc2c1)c1cc(Br)c(Cl)s1. The monoisotopic (exact) mass is 341 g/mol. The van der Waals surface area contributed by atoms with E-state index in [2.05, 4.69) is 20.9 Å². The zero-order valence-corrected chi connectivity index (χ0v) is 12.3. The first kappa shape index (κ1) is 12.2. The second kappa shape index (κ2) is 4.70. The molecule has 0 fully saturated rings. The van der Waals surface area contributed by atoms with Gasteiger partial charge >= 0.3 is 0 Å². The summed E-state index contributed by atoms with van der Waals surface area (Å²) in [4.78, 5) is 3.97. The third-order valence-electron chi connectivity index (χ3n) is 2.83. The van der Waals surface area contributed by atoms with Crippen LogP contribution in [0, 0.1) is 0 Å². The molecule has 18 heavy (non-hydrogen) atoms. The van der Waals surface area contributed by atoms with Gasteiger partial charge in [-0.25, -0.2) is 0 Å². The number of halogens is 2. The van der Waals surface area contributed by atoms with Gasteiger partial charge in [0, 0.05) is 21.1 Å². The maximum atomic E-state index is 10.3. The summed E-state index contributed by atoms with van der Waals surface area (Å²) >= 11 is 10.7. The van der Waals surface area contributed by atoms with Crippen molar-refractivity contribution < 1.29 is 5.11 Å². The molecule has 0 aliphatic heterocycles. The number of benzene rings is 1. The van der Waals surface area contributed by atoms with Gasteiger partial charge in [-0.15, -0.1) is 11.3 Å². The van der Waals surface area contributed by atoms with E-state index in [1.807, 2.05) is 36.5 Å². The fourth-order valence-electron chi connectivity index (χ4n) is 1.90. The van der Waals surface area contributed by atoms with Crippen LogP contribution in [0.25, 0.3) is 10.9 Å². The molecule has 0 aliphatic rings. The lowest BCUT2D eigenvalue weighted by molar-refractivity contribution is 0.224. The van der Waals surface area contributed by atoms with Crippen molar-refractivity contribution in [3.63, 3.8) is 0 Å². The molecule has 2 nitrogen and oxygen atoms in total. The van der Waals surface area contributed by atoms with Crippen molar-refractivity contribution in [3.8, 4) is 0 Å². The number of aliphatic hydroxyl groups excluding tert-OH is 1. The number of rotatable bonds is 2. The van der Waals surface area contributed by atoms with Gasteiger partial charge in [0.15, 0.2) is 0 Å². The largest absolute Gasteiger partial charge is 0.383 e. The van der Waals surface area contributed by atoms with E-state index in [0.717, 1.165) is 25.8 Å². The van der Waals surface area contributed by atoms with Gasteiger partial charge in [-0.05, 0) is 51.1 Å². The summed E-state index contributed by atoms with van der Waals surface area (Å²) in [5.74, 6) is 0. The van der Waals surface area contributed by atoms with E-state index in [1.165, 1.54) is 11.3 Å². The molecule has 3 rings (SSSR count). The highest BCUT2D eigenvalue weighted by Crippen LogP contribution is 2.37. The quantitative estimate of drug-likeness (QED) is 0.694. The topological polar surface area (TPSA) is 36.0 Å². The van der Waals surface area contributed by atoms with E-state index >= 15 is 0 Å². The number of nitrogens with one attached hydrogen (secondary N) is 1. The van der Waals surface area contributed by atoms with E-state index in [1.54, 1.807) is 0 Å². The molecule has 0 amide bonds. The van der Waals surface area contributed by atoms with Crippen molar-refractivity contribution in [1.82, 2.24) is 4.98 Å². The van der Waals surface area contributed by atoms with Crippen molar-refractivity contribution in [2.24, 2.45) is 0 Å². The minimum atomic E-state index is -0.641. The van der Waals surface area contributed by atoms with Crippen molar-refractivity contribution in [1.29, 1.82) is 0 Å². The molecule has 92 valence electrons. The Bertz CT molecular complexity index is 686. The molecule has 5 heteroatoms.